The van der Waals surface area contributed by atoms with E-state index < -0.39 is 9.84 Å². The van der Waals surface area contributed by atoms with E-state index in [1.807, 2.05) is 30.3 Å². The minimum Gasteiger partial charge on any atom is -0.457 e. The Morgan fingerprint density at radius 2 is 1.54 bits per heavy atom. The molecule has 2 fully saturated rings. The number of hydrogen-bond acceptors (Lipinski definition) is 4. The summed E-state index contributed by atoms with van der Waals surface area (Å²) in [6, 6.07) is 16.6. The number of urea groups is 1. The highest BCUT2D eigenvalue weighted by Crippen LogP contribution is 2.33. The molecule has 4 rings (SSSR count). The SMILES string of the molecule is O=C(Nc1ccc(Oc2ccccc2)cc1)N1CC(C2CS(=O)(=O)C2)C1. The maximum absolute atomic E-state index is 12.2. The quantitative estimate of drug-likeness (QED) is 0.895. The van der Waals surface area contributed by atoms with Crippen LogP contribution in [0, 0.1) is 11.8 Å². The molecule has 2 amide bonds. The van der Waals surface area contributed by atoms with Gasteiger partial charge in [-0.25, -0.2) is 13.2 Å². The molecule has 136 valence electrons. The van der Waals surface area contributed by atoms with Crippen molar-refractivity contribution in [1.29, 1.82) is 0 Å². The summed E-state index contributed by atoms with van der Waals surface area (Å²) in [4.78, 5) is 14.0. The molecule has 26 heavy (non-hydrogen) atoms. The smallest absolute Gasteiger partial charge is 0.321 e. The van der Waals surface area contributed by atoms with Crippen LogP contribution in [0.3, 0.4) is 0 Å². The molecule has 0 atom stereocenters. The molecule has 2 heterocycles. The number of carbonyl (C=O) groups is 1. The minimum absolute atomic E-state index is 0.153. The maximum Gasteiger partial charge on any atom is 0.321 e. The fraction of sp³-hybridized carbons (Fsp3) is 0.316. The largest absolute Gasteiger partial charge is 0.457 e. The number of amides is 2. The van der Waals surface area contributed by atoms with E-state index in [9.17, 15) is 13.2 Å². The average Bonchev–Trinajstić information content (AvgIpc) is 2.54. The van der Waals surface area contributed by atoms with E-state index in [0.29, 0.717) is 30.4 Å². The van der Waals surface area contributed by atoms with Crippen molar-refractivity contribution in [2.45, 2.75) is 0 Å². The lowest BCUT2D eigenvalue weighted by atomic mass is 9.88. The van der Waals surface area contributed by atoms with Gasteiger partial charge in [-0.05, 0) is 48.2 Å². The first-order valence-electron chi connectivity index (χ1n) is 8.58. The van der Waals surface area contributed by atoms with Gasteiger partial charge in [0.15, 0.2) is 9.84 Å². The fourth-order valence-corrected chi connectivity index (χ4v) is 5.04. The Hall–Kier alpha value is -2.54. The monoisotopic (exact) mass is 372 g/mol. The molecule has 0 bridgehead atoms. The molecule has 0 aliphatic carbocycles. The van der Waals surface area contributed by atoms with Crippen molar-refractivity contribution in [2.24, 2.45) is 11.8 Å². The first-order valence-corrected chi connectivity index (χ1v) is 10.4. The predicted octanol–water partition coefficient (Wildman–Crippen LogP) is 2.99. The maximum atomic E-state index is 12.2. The summed E-state index contributed by atoms with van der Waals surface area (Å²) in [5.74, 6) is 2.54. The zero-order valence-electron chi connectivity index (χ0n) is 14.2. The molecule has 6 nitrogen and oxygen atoms in total. The number of nitrogens with one attached hydrogen (secondary N) is 1. The van der Waals surface area contributed by atoms with Gasteiger partial charge in [0.25, 0.3) is 0 Å². The molecule has 0 aromatic heterocycles. The zero-order valence-corrected chi connectivity index (χ0v) is 15.0. The lowest BCUT2D eigenvalue weighted by molar-refractivity contribution is 0.0998. The number of anilines is 1. The second kappa shape index (κ2) is 6.64. The number of nitrogens with zero attached hydrogens (tertiary/aromatic N) is 1. The van der Waals surface area contributed by atoms with Crippen LogP contribution in [0.1, 0.15) is 0 Å². The van der Waals surface area contributed by atoms with E-state index in [-0.39, 0.29) is 23.5 Å². The first-order chi connectivity index (χ1) is 12.5. The third-order valence-corrected chi connectivity index (χ3v) is 6.76. The summed E-state index contributed by atoms with van der Waals surface area (Å²) < 4.78 is 28.2. The molecule has 7 heteroatoms. The topological polar surface area (TPSA) is 75.7 Å². The van der Waals surface area contributed by atoms with Crippen molar-refractivity contribution in [3.63, 3.8) is 0 Å². The van der Waals surface area contributed by atoms with E-state index in [2.05, 4.69) is 5.32 Å². The molecule has 2 saturated heterocycles. The van der Waals surface area contributed by atoms with E-state index in [1.54, 1.807) is 29.2 Å². The number of benzene rings is 2. The van der Waals surface area contributed by atoms with Crippen molar-refractivity contribution in [3.8, 4) is 11.5 Å². The molecule has 2 aromatic carbocycles. The Bertz CT molecular complexity index is 879. The molecule has 2 aliphatic rings. The van der Waals surface area contributed by atoms with Crippen LogP contribution >= 0.6 is 0 Å². The van der Waals surface area contributed by atoms with Gasteiger partial charge in [0, 0.05) is 18.8 Å². The number of ether oxygens (including phenoxy) is 1. The highest BCUT2D eigenvalue weighted by Gasteiger charge is 2.44. The van der Waals surface area contributed by atoms with Gasteiger partial charge in [0.1, 0.15) is 11.5 Å². The van der Waals surface area contributed by atoms with Gasteiger partial charge in [0.05, 0.1) is 11.5 Å². The van der Waals surface area contributed by atoms with Crippen molar-refractivity contribution in [2.75, 3.05) is 29.9 Å². The van der Waals surface area contributed by atoms with Crippen LogP contribution < -0.4 is 10.1 Å². The summed E-state index contributed by atoms with van der Waals surface area (Å²) in [7, 11) is -2.80. The van der Waals surface area contributed by atoms with Gasteiger partial charge in [-0.1, -0.05) is 18.2 Å². The summed E-state index contributed by atoms with van der Waals surface area (Å²) in [6.07, 6.45) is 0. The molecule has 2 aliphatic heterocycles. The van der Waals surface area contributed by atoms with E-state index in [0.717, 1.165) is 5.75 Å². The van der Waals surface area contributed by atoms with E-state index in [4.69, 9.17) is 4.74 Å². The lowest BCUT2D eigenvalue weighted by Gasteiger charge is -2.45. The summed E-state index contributed by atoms with van der Waals surface area (Å²) in [5, 5.41) is 2.86. The standard InChI is InChI=1S/C19H20N2O4S/c22-19(21-10-14(11-21)15-12-26(23,24)13-15)20-16-6-8-18(9-7-16)25-17-4-2-1-3-5-17/h1-9,14-15H,10-13H2,(H,20,22). The number of likely N-dealkylation sites (tertiary alicyclic amines) is 1. The van der Waals surface area contributed by atoms with E-state index >= 15 is 0 Å². The highest BCUT2D eigenvalue weighted by atomic mass is 32.2. The normalized spacial score (nSPS) is 19.3. The molecule has 0 unspecified atom stereocenters. The molecule has 0 spiro atoms. The van der Waals surface area contributed by atoms with Crippen LogP contribution in [0.15, 0.2) is 54.6 Å². The molecule has 0 saturated carbocycles. The van der Waals surface area contributed by atoms with Crippen molar-refractivity contribution in [3.05, 3.63) is 54.6 Å². The third kappa shape index (κ3) is 3.67. The second-order valence-electron chi connectivity index (χ2n) is 6.87. The number of sulfone groups is 1. The second-order valence-corrected chi connectivity index (χ2v) is 9.03. The highest BCUT2D eigenvalue weighted by molar-refractivity contribution is 7.92. The number of carbonyl (C=O) groups excluding carboxylic acids is 1. The molecule has 1 N–H and O–H groups in total. The number of rotatable bonds is 4. The van der Waals surface area contributed by atoms with Gasteiger partial charge in [-0.15, -0.1) is 0 Å². The molecular formula is C19H20N2O4S. The van der Waals surface area contributed by atoms with Crippen LogP contribution in [0.5, 0.6) is 11.5 Å². The fourth-order valence-electron chi connectivity index (χ4n) is 3.29. The summed E-state index contributed by atoms with van der Waals surface area (Å²) in [5.41, 5.74) is 0.699. The average molecular weight is 372 g/mol. The molecular weight excluding hydrogens is 352 g/mol. The van der Waals surface area contributed by atoms with Gasteiger partial charge in [-0.3, -0.25) is 0 Å². The van der Waals surface area contributed by atoms with Crippen molar-refractivity contribution >= 4 is 21.6 Å². The van der Waals surface area contributed by atoms with Gasteiger partial charge in [0.2, 0.25) is 0 Å². The van der Waals surface area contributed by atoms with Gasteiger partial charge in [-0.2, -0.15) is 0 Å². The Balaban J connectivity index is 1.26. The Kier molecular flexibility index (Phi) is 4.32. The van der Waals surface area contributed by atoms with Crippen LogP contribution in [0.4, 0.5) is 10.5 Å². The van der Waals surface area contributed by atoms with Crippen LogP contribution in [-0.2, 0) is 9.84 Å². The Morgan fingerprint density at radius 1 is 0.923 bits per heavy atom. The van der Waals surface area contributed by atoms with Crippen molar-refractivity contribution < 1.29 is 17.9 Å². The zero-order chi connectivity index (χ0) is 18.1. The lowest BCUT2D eigenvalue weighted by Crippen LogP contribution is -2.58. The van der Waals surface area contributed by atoms with Crippen LogP contribution in [-0.4, -0.2) is 43.9 Å². The first kappa shape index (κ1) is 16.9. The minimum atomic E-state index is -2.80. The Morgan fingerprint density at radius 3 is 2.15 bits per heavy atom. The van der Waals surface area contributed by atoms with Crippen molar-refractivity contribution in [1.82, 2.24) is 4.90 Å². The van der Waals surface area contributed by atoms with Crippen LogP contribution in [0.25, 0.3) is 0 Å². The Labute approximate surface area is 152 Å². The van der Waals surface area contributed by atoms with E-state index in [1.165, 1.54) is 0 Å². The van der Waals surface area contributed by atoms with Crippen LogP contribution in [0.2, 0.25) is 0 Å². The van der Waals surface area contributed by atoms with Gasteiger partial charge >= 0.3 is 6.03 Å². The summed E-state index contributed by atoms with van der Waals surface area (Å²) >= 11 is 0. The summed E-state index contributed by atoms with van der Waals surface area (Å²) in [6.45, 7) is 1.25. The third-order valence-electron chi connectivity index (χ3n) is 4.88. The molecule has 2 aromatic rings. The number of hydrogen-bond donors (Lipinski definition) is 1. The number of para-hydroxylation sites is 1. The predicted molar refractivity (Wildman–Crippen MR) is 99.2 cm³/mol. The molecule has 0 radical (unpaired) electrons. The van der Waals surface area contributed by atoms with Gasteiger partial charge < -0.3 is 15.0 Å².